The number of hydrogen-bond donors (Lipinski definition) is 2. The van der Waals surface area contributed by atoms with Crippen LogP contribution in [0.2, 0.25) is 4.34 Å². The van der Waals surface area contributed by atoms with Gasteiger partial charge in [0.25, 0.3) is 0 Å². The van der Waals surface area contributed by atoms with Gasteiger partial charge in [0.2, 0.25) is 10.0 Å². The van der Waals surface area contributed by atoms with E-state index in [1.807, 2.05) is 61.5 Å². The van der Waals surface area contributed by atoms with Gasteiger partial charge in [-0.05, 0) is 35.2 Å². The summed E-state index contributed by atoms with van der Waals surface area (Å²) in [7, 11) is -3.74. The predicted molar refractivity (Wildman–Crippen MR) is 115 cm³/mol. The first-order valence-corrected chi connectivity index (χ1v) is 11.7. The number of rotatable bonds is 8. The van der Waals surface area contributed by atoms with E-state index in [-0.39, 0.29) is 16.7 Å². The van der Waals surface area contributed by atoms with E-state index < -0.39 is 16.1 Å². The lowest BCUT2D eigenvalue weighted by molar-refractivity contribution is 0.236. The maximum atomic E-state index is 12.6. The fourth-order valence-corrected chi connectivity index (χ4v) is 6.02. The van der Waals surface area contributed by atoms with Crippen LogP contribution in [-0.4, -0.2) is 26.2 Å². The number of nitrogens with one attached hydrogen (secondary N) is 1. The second kappa shape index (κ2) is 9.20. The predicted octanol–water partition coefficient (Wildman–Crippen LogP) is 4.90. The van der Waals surface area contributed by atoms with Crippen LogP contribution in [0.15, 0.2) is 70.9 Å². The molecule has 0 bridgehead atoms. The van der Waals surface area contributed by atoms with Gasteiger partial charge in [-0.3, -0.25) is 0 Å². The van der Waals surface area contributed by atoms with Gasteiger partial charge in [-0.25, -0.2) is 13.1 Å². The van der Waals surface area contributed by atoms with Gasteiger partial charge in [0.1, 0.15) is 4.21 Å². The zero-order chi connectivity index (χ0) is 20.1. The van der Waals surface area contributed by atoms with Crippen LogP contribution in [0.4, 0.5) is 0 Å². The molecular formula is C21H22ClNO3S2. The van der Waals surface area contributed by atoms with E-state index in [1.165, 1.54) is 6.07 Å². The third-order valence-electron chi connectivity index (χ3n) is 4.69. The highest BCUT2D eigenvalue weighted by Crippen LogP contribution is 2.29. The number of benzene rings is 2. The first-order valence-electron chi connectivity index (χ1n) is 8.98. The molecule has 3 aromatic rings. The Hall–Kier alpha value is -1.70. The van der Waals surface area contributed by atoms with Crippen molar-refractivity contribution in [3.63, 3.8) is 0 Å². The highest BCUT2D eigenvalue weighted by Gasteiger charge is 2.27. The number of halogens is 1. The Morgan fingerprint density at radius 3 is 2.18 bits per heavy atom. The molecule has 4 nitrogen and oxygen atoms in total. The molecule has 148 valence electrons. The minimum atomic E-state index is -3.74. The van der Waals surface area contributed by atoms with Gasteiger partial charge in [0.05, 0.1) is 17.0 Å². The zero-order valence-corrected chi connectivity index (χ0v) is 17.8. The smallest absolute Gasteiger partial charge is 0.250 e. The maximum Gasteiger partial charge on any atom is 0.250 e. The molecule has 2 unspecified atom stereocenters. The average molecular weight is 436 g/mol. The summed E-state index contributed by atoms with van der Waals surface area (Å²) in [6.07, 6.45) is 0.684. The van der Waals surface area contributed by atoms with Gasteiger partial charge in [-0.2, -0.15) is 0 Å². The summed E-state index contributed by atoms with van der Waals surface area (Å²) in [5.74, 6) is -0.153. The Morgan fingerprint density at radius 1 is 1.00 bits per heavy atom. The molecule has 0 spiro atoms. The van der Waals surface area contributed by atoms with Gasteiger partial charge in [-0.15, -0.1) is 11.3 Å². The van der Waals surface area contributed by atoms with E-state index in [0.29, 0.717) is 10.8 Å². The summed E-state index contributed by atoms with van der Waals surface area (Å²) in [6, 6.07) is 20.5. The summed E-state index contributed by atoms with van der Waals surface area (Å²) in [5, 5.41) is 9.89. The molecule has 28 heavy (non-hydrogen) atoms. The van der Waals surface area contributed by atoms with Crippen molar-refractivity contribution < 1.29 is 13.5 Å². The lowest BCUT2D eigenvalue weighted by Gasteiger charge is -2.26. The monoisotopic (exact) mass is 435 g/mol. The van der Waals surface area contributed by atoms with Crippen LogP contribution in [0, 0.1) is 0 Å². The molecule has 3 rings (SSSR count). The molecule has 2 N–H and O–H groups in total. The molecule has 0 saturated carbocycles. The standard InChI is InChI=1S/C21H22ClNO3S2/c1-2-18(17-10-8-16(9-11-17)15-6-4-3-5-7-15)19(14-24)23-28(25,26)21-13-12-20(22)27-21/h3-13,18-19,23-24H,2,14H2,1H3. The van der Waals surface area contributed by atoms with Crippen LogP contribution in [0.1, 0.15) is 24.8 Å². The van der Waals surface area contributed by atoms with Crippen molar-refractivity contribution in [3.8, 4) is 11.1 Å². The molecule has 7 heteroatoms. The molecule has 0 radical (unpaired) electrons. The van der Waals surface area contributed by atoms with E-state index >= 15 is 0 Å². The lowest BCUT2D eigenvalue weighted by Crippen LogP contribution is -2.41. The van der Waals surface area contributed by atoms with Gasteiger partial charge in [0, 0.05) is 5.92 Å². The SMILES string of the molecule is CCC(c1ccc(-c2ccccc2)cc1)C(CO)NS(=O)(=O)c1ccc(Cl)s1. The van der Waals surface area contributed by atoms with Crippen molar-refractivity contribution in [2.24, 2.45) is 0 Å². The maximum absolute atomic E-state index is 12.6. The third-order valence-corrected chi connectivity index (χ3v) is 7.90. The Kier molecular flexibility index (Phi) is 6.91. The van der Waals surface area contributed by atoms with Crippen LogP contribution >= 0.6 is 22.9 Å². The number of thiophene rings is 1. The Bertz CT molecular complexity index is 1000. The van der Waals surface area contributed by atoms with Crippen LogP contribution in [0.25, 0.3) is 11.1 Å². The second-order valence-electron chi connectivity index (χ2n) is 6.47. The molecular weight excluding hydrogens is 414 g/mol. The van der Waals surface area contributed by atoms with Crippen molar-refractivity contribution in [1.82, 2.24) is 4.72 Å². The third kappa shape index (κ3) is 4.82. The van der Waals surface area contributed by atoms with E-state index in [9.17, 15) is 13.5 Å². The highest BCUT2D eigenvalue weighted by molar-refractivity contribution is 7.91. The highest BCUT2D eigenvalue weighted by atomic mass is 35.5. The fraction of sp³-hybridized carbons (Fsp3) is 0.238. The molecule has 0 fully saturated rings. The van der Waals surface area contributed by atoms with Crippen LogP contribution in [-0.2, 0) is 10.0 Å². The van der Waals surface area contributed by atoms with E-state index in [4.69, 9.17) is 11.6 Å². The van der Waals surface area contributed by atoms with Gasteiger partial charge >= 0.3 is 0 Å². The zero-order valence-electron chi connectivity index (χ0n) is 15.4. The van der Waals surface area contributed by atoms with E-state index in [2.05, 4.69) is 4.72 Å². The Labute approximate surface area is 174 Å². The average Bonchev–Trinajstić information content (AvgIpc) is 3.16. The number of aliphatic hydroxyl groups is 1. The molecule has 1 aromatic heterocycles. The van der Waals surface area contributed by atoms with Crippen molar-refractivity contribution in [3.05, 3.63) is 76.6 Å². The van der Waals surface area contributed by atoms with Crippen molar-refractivity contribution >= 4 is 33.0 Å². The van der Waals surface area contributed by atoms with Crippen molar-refractivity contribution in [2.45, 2.75) is 29.5 Å². The minimum Gasteiger partial charge on any atom is -0.395 e. The Balaban J connectivity index is 1.82. The van der Waals surface area contributed by atoms with E-state index in [1.54, 1.807) is 6.07 Å². The number of sulfonamides is 1. The van der Waals surface area contributed by atoms with Crippen LogP contribution in [0.5, 0.6) is 0 Å². The van der Waals surface area contributed by atoms with Crippen LogP contribution < -0.4 is 4.72 Å². The molecule has 2 aromatic carbocycles. The summed E-state index contributed by atoms with van der Waals surface area (Å²) in [5.41, 5.74) is 3.19. The quantitative estimate of drug-likeness (QED) is 0.528. The summed E-state index contributed by atoms with van der Waals surface area (Å²) in [6.45, 7) is 1.69. The summed E-state index contributed by atoms with van der Waals surface area (Å²) in [4.78, 5) is 0. The largest absolute Gasteiger partial charge is 0.395 e. The fourth-order valence-electron chi connectivity index (χ4n) is 3.25. The van der Waals surface area contributed by atoms with Crippen molar-refractivity contribution in [1.29, 1.82) is 0 Å². The molecule has 0 amide bonds. The second-order valence-corrected chi connectivity index (χ2v) is 10.1. The topological polar surface area (TPSA) is 66.4 Å². The van der Waals surface area contributed by atoms with Gasteiger partial charge < -0.3 is 5.11 Å². The molecule has 0 aliphatic carbocycles. The first kappa shape index (κ1) is 21.0. The van der Waals surface area contributed by atoms with Gasteiger partial charge in [0.15, 0.2) is 0 Å². The molecule has 0 aliphatic heterocycles. The Morgan fingerprint density at radius 2 is 1.64 bits per heavy atom. The van der Waals surface area contributed by atoms with Gasteiger partial charge in [-0.1, -0.05) is 73.1 Å². The minimum absolute atomic E-state index is 0.144. The number of hydrogen-bond acceptors (Lipinski definition) is 4. The van der Waals surface area contributed by atoms with Crippen molar-refractivity contribution in [2.75, 3.05) is 6.61 Å². The van der Waals surface area contributed by atoms with E-state index in [0.717, 1.165) is 28.0 Å². The lowest BCUT2D eigenvalue weighted by atomic mass is 9.89. The number of aliphatic hydroxyl groups excluding tert-OH is 1. The first-order chi connectivity index (χ1) is 13.4. The normalized spacial score (nSPS) is 14.0. The summed E-state index contributed by atoms with van der Waals surface area (Å²) < 4.78 is 28.5. The molecule has 2 atom stereocenters. The molecule has 1 heterocycles. The molecule has 0 aliphatic rings. The van der Waals surface area contributed by atoms with Crippen LogP contribution in [0.3, 0.4) is 0 Å². The molecule has 0 saturated heterocycles. The summed E-state index contributed by atoms with van der Waals surface area (Å²) >= 11 is 6.86.